The van der Waals surface area contributed by atoms with Crippen LogP contribution in [0.25, 0.3) is 0 Å². The van der Waals surface area contributed by atoms with Crippen molar-refractivity contribution in [1.82, 2.24) is 4.57 Å². The second kappa shape index (κ2) is 4.95. The maximum absolute atomic E-state index is 9.02. The quantitative estimate of drug-likeness (QED) is 0.684. The van der Waals surface area contributed by atoms with Gasteiger partial charge in [-0.05, 0) is 25.0 Å². The van der Waals surface area contributed by atoms with Crippen molar-refractivity contribution in [3.8, 4) is 0 Å². The average Bonchev–Trinajstić information content (AvgIpc) is 2.59. The summed E-state index contributed by atoms with van der Waals surface area (Å²) in [7, 11) is 0. The molecule has 3 heteroatoms. The Morgan fingerprint density at radius 1 is 1.17 bits per heavy atom. The Kier molecular flexibility index (Phi) is 3.84. The largest absolute Gasteiger partial charge is 0.396 e. The standard InChI is InChI=1S/C9H15NO2/c11-7-3-4-9(8-12)10-5-1-2-6-10/h1-2,5-6,9,11-12H,3-4,7-8H2/t9-/m0/s1. The van der Waals surface area contributed by atoms with Crippen LogP contribution in [0.2, 0.25) is 0 Å². The Morgan fingerprint density at radius 2 is 1.83 bits per heavy atom. The molecule has 1 rings (SSSR count). The Bertz CT molecular complexity index is 196. The van der Waals surface area contributed by atoms with Gasteiger partial charge in [0.2, 0.25) is 0 Å². The normalized spacial score (nSPS) is 13.2. The molecule has 1 heterocycles. The van der Waals surface area contributed by atoms with Crippen molar-refractivity contribution in [3.05, 3.63) is 24.5 Å². The van der Waals surface area contributed by atoms with Crippen LogP contribution in [0.3, 0.4) is 0 Å². The second-order valence-corrected chi connectivity index (χ2v) is 2.83. The topological polar surface area (TPSA) is 45.4 Å². The first kappa shape index (κ1) is 9.29. The van der Waals surface area contributed by atoms with E-state index in [-0.39, 0.29) is 19.3 Å². The van der Waals surface area contributed by atoms with E-state index >= 15 is 0 Å². The van der Waals surface area contributed by atoms with Crippen LogP contribution in [0.15, 0.2) is 24.5 Å². The third-order valence-corrected chi connectivity index (χ3v) is 1.96. The Morgan fingerprint density at radius 3 is 2.33 bits per heavy atom. The molecule has 1 aromatic heterocycles. The van der Waals surface area contributed by atoms with Crippen LogP contribution >= 0.6 is 0 Å². The van der Waals surface area contributed by atoms with Crippen LogP contribution < -0.4 is 0 Å². The third-order valence-electron chi connectivity index (χ3n) is 1.96. The van der Waals surface area contributed by atoms with Crippen molar-refractivity contribution in [2.24, 2.45) is 0 Å². The zero-order chi connectivity index (χ0) is 8.81. The van der Waals surface area contributed by atoms with Crippen LogP contribution in [-0.2, 0) is 0 Å². The minimum absolute atomic E-state index is 0.118. The minimum Gasteiger partial charge on any atom is -0.396 e. The van der Waals surface area contributed by atoms with Gasteiger partial charge in [-0.3, -0.25) is 0 Å². The number of aliphatic hydroxyl groups excluding tert-OH is 2. The van der Waals surface area contributed by atoms with Gasteiger partial charge in [-0.1, -0.05) is 0 Å². The zero-order valence-corrected chi connectivity index (χ0v) is 7.06. The molecule has 0 saturated heterocycles. The predicted molar refractivity (Wildman–Crippen MR) is 46.9 cm³/mol. The lowest BCUT2D eigenvalue weighted by molar-refractivity contribution is 0.204. The number of hydrogen-bond donors (Lipinski definition) is 2. The molecule has 0 spiro atoms. The maximum Gasteiger partial charge on any atom is 0.0638 e. The summed E-state index contributed by atoms with van der Waals surface area (Å²) in [5.74, 6) is 0. The Hall–Kier alpha value is -0.800. The van der Waals surface area contributed by atoms with Crippen molar-refractivity contribution in [2.45, 2.75) is 18.9 Å². The molecule has 3 nitrogen and oxygen atoms in total. The van der Waals surface area contributed by atoms with Crippen molar-refractivity contribution in [2.75, 3.05) is 13.2 Å². The molecule has 0 aromatic carbocycles. The molecule has 12 heavy (non-hydrogen) atoms. The fourth-order valence-electron chi connectivity index (χ4n) is 1.25. The molecular formula is C9H15NO2. The van der Waals surface area contributed by atoms with E-state index in [0.29, 0.717) is 0 Å². The molecule has 0 amide bonds. The maximum atomic E-state index is 9.02. The first-order chi connectivity index (χ1) is 5.88. The molecular weight excluding hydrogens is 154 g/mol. The van der Waals surface area contributed by atoms with Crippen LogP contribution in [0.4, 0.5) is 0 Å². The van der Waals surface area contributed by atoms with E-state index in [1.807, 2.05) is 29.1 Å². The van der Waals surface area contributed by atoms with Gasteiger partial charge >= 0.3 is 0 Å². The summed E-state index contributed by atoms with van der Waals surface area (Å²) in [6.45, 7) is 0.326. The number of hydrogen-bond acceptors (Lipinski definition) is 2. The van der Waals surface area contributed by atoms with E-state index in [4.69, 9.17) is 10.2 Å². The molecule has 68 valence electrons. The molecule has 0 unspecified atom stereocenters. The van der Waals surface area contributed by atoms with Gasteiger partial charge in [-0.2, -0.15) is 0 Å². The lowest BCUT2D eigenvalue weighted by Gasteiger charge is -2.15. The van der Waals surface area contributed by atoms with Gasteiger partial charge in [0, 0.05) is 19.0 Å². The number of nitrogens with zero attached hydrogens (tertiary/aromatic N) is 1. The molecule has 2 N–H and O–H groups in total. The molecule has 0 fully saturated rings. The minimum atomic E-state index is 0.118. The number of aliphatic hydroxyl groups is 2. The van der Waals surface area contributed by atoms with Crippen molar-refractivity contribution in [3.63, 3.8) is 0 Å². The molecule has 0 radical (unpaired) electrons. The summed E-state index contributed by atoms with van der Waals surface area (Å²) in [6, 6.07) is 3.98. The number of aromatic nitrogens is 1. The molecule has 0 aliphatic carbocycles. The summed E-state index contributed by atoms with van der Waals surface area (Å²) >= 11 is 0. The van der Waals surface area contributed by atoms with Crippen LogP contribution in [-0.4, -0.2) is 28.0 Å². The van der Waals surface area contributed by atoms with E-state index < -0.39 is 0 Å². The average molecular weight is 169 g/mol. The number of rotatable bonds is 5. The fourth-order valence-corrected chi connectivity index (χ4v) is 1.25. The molecule has 1 aromatic rings. The second-order valence-electron chi connectivity index (χ2n) is 2.83. The van der Waals surface area contributed by atoms with E-state index in [1.54, 1.807) is 0 Å². The van der Waals surface area contributed by atoms with E-state index in [0.717, 1.165) is 12.8 Å². The molecule has 0 aliphatic rings. The summed E-state index contributed by atoms with van der Waals surface area (Å²) in [4.78, 5) is 0. The molecule has 0 aliphatic heterocycles. The zero-order valence-electron chi connectivity index (χ0n) is 7.06. The van der Waals surface area contributed by atoms with Crippen LogP contribution in [0.1, 0.15) is 18.9 Å². The van der Waals surface area contributed by atoms with Crippen molar-refractivity contribution >= 4 is 0 Å². The third kappa shape index (κ3) is 2.36. The lowest BCUT2D eigenvalue weighted by Crippen LogP contribution is -2.11. The molecule has 0 saturated carbocycles. The van der Waals surface area contributed by atoms with Gasteiger partial charge < -0.3 is 14.8 Å². The van der Waals surface area contributed by atoms with Gasteiger partial charge in [-0.15, -0.1) is 0 Å². The first-order valence-electron chi connectivity index (χ1n) is 4.22. The van der Waals surface area contributed by atoms with Crippen molar-refractivity contribution < 1.29 is 10.2 Å². The lowest BCUT2D eigenvalue weighted by atomic mass is 10.2. The molecule has 0 bridgehead atoms. The first-order valence-corrected chi connectivity index (χ1v) is 4.22. The predicted octanol–water partition coefficient (Wildman–Crippen LogP) is 0.794. The Labute approximate surface area is 72.3 Å². The highest BCUT2D eigenvalue weighted by molar-refractivity contribution is 4.93. The Balaban J connectivity index is 2.45. The van der Waals surface area contributed by atoms with Crippen molar-refractivity contribution in [1.29, 1.82) is 0 Å². The van der Waals surface area contributed by atoms with Gasteiger partial charge in [0.15, 0.2) is 0 Å². The van der Waals surface area contributed by atoms with Crippen LogP contribution in [0, 0.1) is 0 Å². The molecule has 1 atom stereocenters. The highest BCUT2D eigenvalue weighted by atomic mass is 16.3. The fraction of sp³-hybridized carbons (Fsp3) is 0.556. The monoisotopic (exact) mass is 169 g/mol. The van der Waals surface area contributed by atoms with Crippen LogP contribution in [0.5, 0.6) is 0 Å². The SMILES string of the molecule is OCCC[C@@H](CO)n1cccc1. The van der Waals surface area contributed by atoms with Gasteiger partial charge in [0.05, 0.1) is 12.6 Å². The van der Waals surface area contributed by atoms with E-state index in [1.165, 1.54) is 0 Å². The smallest absolute Gasteiger partial charge is 0.0638 e. The van der Waals surface area contributed by atoms with E-state index in [9.17, 15) is 0 Å². The van der Waals surface area contributed by atoms with E-state index in [2.05, 4.69) is 0 Å². The highest BCUT2D eigenvalue weighted by Gasteiger charge is 2.06. The van der Waals surface area contributed by atoms with Gasteiger partial charge in [0.1, 0.15) is 0 Å². The highest BCUT2D eigenvalue weighted by Crippen LogP contribution is 2.12. The van der Waals surface area contributed by atoms with Gasteiger partial charge in [-0.25, -0.2) is 0 Å². The summed E-state index contributed by atoms with van der Waals surface area (Å²) in [5.41, 5.74) is 0. The summed E-state index contributed by atoms with van der Waals surface area (Å²) in [5, 5.41) is 17.6. The van der Waals surface area contributed by atoms with Gasteiger partial charge in [0.25, 0.3) is 0 Å². The summed E-state index contributed by atoms with van der Waals surface area (Å²) in [6.07, 6.45) is 5.42. The summed E-state index contributed by atoms with van der Waals surface area (Å²) < 4.78 is 1.97.